The van der Waals surface area contributed by atoms with Crippen LogP contribution in [0.1, 0.15) is 69.5 Å². The number of benzene rings is 4. The molecule has 0 amide bonds. The van der Waals surface area contributed by atoms with Crippen LogP contribution in [0.2, 0.25) is 5.02 Å². The van der Waals surface area contributed by atoms with Gasteiger partial charge in [-0.25, -0.2) is 26.8 Å². The number of imidazole rings is 2. The molecule has 4 aromatic heterocycles. The summed E-state index contributed by atoms with van der Waals surface area (Å²) in [7, 11) is -7.76. The molecule has 0 saturated heterocycles. The zero-order valence-corrected chi connectivity index (χ0v) is 39.8. The predicted octanol–water partition coefficient (Wildman–Crippen LogP) is 10.9. The van der Waals surface area contributed by atoms with Gasteiger partial charge in [0.25, 0.3) is 0 Å². The second kappa shape index (κ2) is 18.0. The fraction of sp³-hybridized carbons (Fsp3) is 0.216. The molecule has 0 radical (unpaired) electrons. The molecule has 340 valence electrons. The lowest BCUT2D eigenvalue weighted by atomic mass is 9.89. The Morgan fingerprint density at radius 2 is 1.37 bits per heavy atom. The van der Waals surface area contributed by atoms with E-state index >= 15 is 0 Å². The van der Waals surface area contributed by atoms with Crippen LogP contribution in [0.25, 0.3) is 44.9 Å². The molecule has 4 heterocycles. The van der Waals surface area contributed by atoms with Gasteiger partial charge in [-0.05, 0) is 103 Å². The number of hydrogen-bond acceptors (Lipinski definition) is 11. The van der Waals surface area contributed by atoms with Gasteiger partial charge in [-0.15, -0.1) is 0 Å². The van der Waals surface area contributed by atoms with Crippen LogP contribution in [0, 0.1) is 22.7 Å². The molecular weight excluding hydrogens is 908 g/mol. The number of aliphatic hydroxyl groups excluding tert-OH is 1. The summed E-state index contributed by atoms with van der Waals surface area (Å²) in [5.74, 6) is 0.462. The molecule has 0 atom stereocenters. The SMILES string of the molecule is CC(C)c1nc2c(C#N)cccn2c1-c1cc(Oc2cc(S(C)(=O)=O)ccc2-c2cc(Oc3cccc(-c4c(C(C)(C)C)nc5c(C#N)cccn45)c3)cc(S(=O)(=O)CCCO)c2)ccc1Cl. The minimum atomic E-state index is -3.99. The number of aromatic nitrogens is 4. The van der Waals surface area contributed by atoms with E-state index < -0.39 is 25.1 Å². The molecule has 13 nitrogen and oxygen atoms in total. The highest BCUT2D eigenvalue weighted by molar-refractivity contribution is 7.91. The number of pyridine rings is 2. The fourth-order valence-electron chi connectivity index (χ4n) is 7.91. The molecular formula is C51H45ClN6O7S2. The zero-order valence-electron chi connectivity index (χ0n) is 37.4. The molecule has 0 aliphatic rings. The van der Waals surface area contributed by atoms with Crippen molar-refractivity contribution in [2.45, 2.75) is 62.2 Å². The van der Waals surface area contributed by atoms with Crippen LogP contribution in [-0.2, 0) is 25.1 Å². The van der Waals surface area contributed by atoms with E-state index in [-0.39, 0.29) is 51.7 Å². The summed E-state index contributed by atoms with van der Waals surface area (Å²) in [6, 6.07) is 32.5. The highest BCUT2D eigenvalue weighted by atomic mass is 35.5. The lowest BCUT2D eigenvalue weighted by Crippen LogP contribution is -2.13. The quantitative estimate of drug-likeness (QED) is 0.116. The van der Waals surface area contributed by atoms with Crippen molar-refractivity contribution in [2.24, 2.45) is 0 Å². The molecule has 0 saturated carbocycles. The fourth-order valence-corrected chi connectivity index (χ4v) is 10.1. The molecule has 1 N–H and O–H groups in total. The maximum Gasteiger partial charge on any atom is 0.178 e. The Hall–Kier alpha value is -7.01. The second-order valence-corrected chi connectivity index (χ2v) is 21.9. The minimum absolute atomic E-state index is 0.00707. The summed E-state index contributed by atoms with van der Waals surface area (Å²) >= 11 is 6.89. The molecule has 4 aromatic carbocycles. The molecule has 8 rings (SSSR count). The summed E-state index contributed by atoms with van der Waals surface area (Å²) in [5.41, 5.74) is 6.19. The maximum atomic E-state index is 13.9. The molecule has 0 aliphatic heterocycles. The van der Waals surface area contributed by atoms with Gasteiger partial charge in [0.1, 0.15) is 35.1 Å². The maximum absolute atomic E-state index is 13.9. The normalized spacial score (nSPS) is 12.1. The first-order chi connectivity index (χ1) is 31.8. The van der Waals surface area contributed by atoms with Crippen LogP contribution in [0.15, 0.2) is 125 Å². The van der Waals surface area contributed by atoms with Gasteiger partial charge in [-0.3, -0.25) is 8.80 Å². The lowest BCUT2D eigenvalue weighted by molar-refractivity contribution is 0.295. The van der Waals surface area contributed by atoms with Crippen molar-refractivity contribution in [2.75, 3.05) is 18.6 Å². The molecule has 8 aromatic rings. The van der Waals surface area contributed by atoms with Crippen molar-refractivity contribution in [3.63, 3.8) is 0 Å². The first-order valence-electron chi connectivity index (χ1n) is 21.2. The number of rotatable bonds is 13. The van der Waals surface area contributed by atoms with Gasteiger partial charge < -0.3 is 14.6 Å². The largest absolute Gasteiger partial charge is 0.457 e. The van der Waals surface area contributed by atoms with Gasteiger partial charge in [0.05, 0.1) is 54.5 Å². The summed E-state index contributed by atoms with van der Waals surface area (Å²) < 4.78 is 70.6. The number of aliphatic hydroxyl groups is 1. The third-order valence-electron chi connectivity index (χ3n) is 11.1. The predicted molar refractivity (Wildman–Crippen MR) is 257 cm³/mol. The number of ether oxygens (including phenoxy) is 2. The van der Waals surface area contributed by atoms with Crippen LogP contribution in [0.3, 0.4) is 0 Å². The van der Waals surface area contributed by atoms with Crippen LogP contribution in [-0.4, -0.2) is 59.3 Å². The molecule has 0 unspecified atom stereocenters. The number of sulfone groups is 2. The Morgan fingerprint density at radius 3 is 2.01 bits per heavy atom. The van der Waals surface area contributed by atoms with Gasteiger partial charge in [0.15, 0.2) is 31.0 Å². The van der Waals surface area contributed by atoms with E-state index in [9.17, 15) is 32.5 Å². The van der Waals surface area contributed by atoms with Crippen LogP contribution >= 0.6 is 11.6 Å². The highest BCUT2D eigenvalue weighted by Crippen LogP contribution is 2.43. The Kier molecular flexibility index (Phi) is 12.5. The molecule has 0 fully saturated rings. The van der Waals surface area contributed by atoms with Crippen molar-refractivity contribution < 1.29 is 31.4 Å². The number of nitriles is 2. The average molecular weight is 954 g/mol. The minimum Gasteiger partial charge on any atom is -0.457 e. The Labute approximate surface area is 393 Å². The molecule has 0 bridgehead atoms. The zero-order chi connectivity index (χ0) is 48.0. The number of halogens is 1. The van der Waals surface area contributed by atoms with E-state index in [1.807, 2.05) is 63.4 Å². The standard InChI is InChI=1S/C51H45ClN6O7S2/c1-31(2)45-47(58-20-9-12-33(29-53)49(58)55-45)42-27-37(15-18-43(42)52)65-44-28-39(66(6,60)61)16-17-41(44)35-24-38(26-40(25-35)67(62,63)22-10-21-59)64-36-14-7-11-32(23-36)46-48(51(3,4)5)56-50-34(30-54)13-8-19-57(46)50/h7-9,11-20,23-28,31,59H,10,21-22H2,1-6H3. The molecule has 0 spiro atoms. The van der Waals surface area contributed by atoms with Crippen LogP contribution in [0.5, 0.6) is 23.0 Å². The van der Waals surface area contributed by atoms with Crippen molar-refractivity contribution in [1.29, 1.82) is 10.5 Å². The van der Waals surface area contributed by atoms with Crippen molar-refractivity contribution in [3.8, 4) is 68.8 Å². The smallest absolute Gasteiger partial charge is 0.178 e. The van der Waals surface area contributed by atoms with E-state index in [1.54, 1.807) is 71.3 Å². The van der Waals surface area contributed by atoms with Crippen molar-refractivity contribution in [1.82, 2.24) is 18.8 Å². The third-order valence-corrected chi connectivity index (χ3v) is 14.3. The van der Waals surface area contributed by atoms with Crippen LogP contribution in [0.4, 0.5) is 0 Å². The summed E-state index contributed by atoms with van der Waals surface area (Å²) in [6.07, 6.45) is 4.72. The van der Waals surface area contributed by atoms with Gasteiger partial charge in [0.2, 0.25) is 0 Å². The Bertz CT molecular complexity index is 3580. The van der Waals surface area contributed by atoms with Crippen LogP contribution < -0.4 is 9.47 Å². The lowest BCUT2D eigenvalue weighted by Gasteiger charge is -2.19. The Balaban J connectivity index is 1.26. The molecule has 16 heteroatoms. The van der Waals surface area contributed by atoms with Gasteiger partial charge in [-0.2, -0.15) is 10.5 Å². The topological polar surface area (TPSA) is 189 Å². The first kappa shape index (κ1) is 46.5. The Morgan fingerprint density at radius 1 is 0.716 bits per heavy atom. The summed E-state index contributed by atoms with van der Waals surface area (Å²) in [5, 5.41) is 29.7. The average Bonchev–Trinajstić information content (AvgIpc) is 3.89. The highest BCUT2D eigenvalue weighted by Gasteiger charge is 2.27. The van der Waals surface area contributed by atoms with E-state index in [4.69, 9.17) is 31.0 Å². The van der Waals surface area contributed by atoms with Crippen molar-refractivity contribution in [3.05, 3.63) is 143 Å². The van der Waals surface area contributed by atoms with E-state index in [0.717, 1.165) is 23.2 Å². The van der Waals surface area contributed by atoms with Gasteiger partial charge >= 0.3 is 0 Å². The van der Waals surface area contributed by atoms with E-state index in [1.165, 1.54) is 24.3 Å². The van der Waals surface area contributed by atoms with Gasteiger partial charge in [0, 0.05) is 53.4 Å². The number of nitrogens with zero attached hydrogens (tertiary/aromatic N) is 6. The second-order valence-electron chi connectivity index (χ2n) is 17.4. The summed E-state index contributed by atoms with van der Waals surface area (Å²) in [4.78, 5) is 9.60. The van der Waals surface area contributed by atoms with E-state index in [2.05, 4.69) is 12.1 Å². The molecule has 67 heavy (non-hydrogen) atoms. The van der Waals surface area contributed by atoms with Crippen molar-refractivity contribution >= 4 is 42.6 Å². The summed E-state index contributed by atoms with van der Waals surface area (Å²) in [6.45, 7) is 9.74. The number of fused-ring (bicyclic) bond motifs is 2. The number of hydrogen-bond donors (Lipinski definition) is 1. The molecule has 0 aliphatic carbocycles. The van der Waals surface area contributed by atoms with E-state index in [0.29, 0.717) is 61.3 Å². The monoisotopic (exact) mass is 952 g/mol. The van der Waals surface area contributed by atoms with Gasteiger partial charge in [-0.1, -0.05) is 58.4 Å². The third kappa shape index (κ3) is 9.24. The first-order valence-corrected chi connectivity index (χ1v) is 25.2.